The fourth-order valence-electron chi connectivity index (χ4n) is 3.56. The number of carbonyl (C=O) groups is 3. The molecule has 0 saturated carbocycles. The molecule has 2 saturated heterocycles. The summed E-state index contributed by atoms with van der Waals surface area (Å²) in [7, 11) is 0. The first kappa shape index (κ1) is 17.6. The zero-order chi connectivity index (χ0) is 18.8. The van der Waals surface area contributed by atoms with Gasteiger partial charge in [-0.2, -0.15) is 0 Å². The highest BCUT2D eigenvalue weighted by Crippen LogP contribution is 2.32. The molecule has 0 bridgehead atoms. The van der Waals surface area contributed by atoms with Crippen molar-refractivity contribution in [1.29, 1.82) is 0 Å². The zero-order valence-corrected chi connectivity index (χ0v) is 14.9. The van der Waals surface area contributed by atoms with E-state index in [1.54, 1.807) is 4.90 Å². The Balaban J connectivity index is 1.30. The Labute approximate surface area is 156 Å². The van der Waals surface area contributed by atoms with Gasteiger partial charge in [-0.25, -0.2) is 4.79 Å². The number of urea groups is 1. The maximum absolute atomic E-state index is 12.7. The average Bonchev–Trinajstić information content (AvgIpc) is 3.05. The second-order valence-corrected chi connectivity index (χ2v) is 6.90. The average molecular weight is 374 g/mol. The lowest BCUT2D eigenvalue weighted by Gasteiger charge is -2.36. The highest BCUT2D eigenvalue weighted by molar-refractivity contribution is 5.98. The minimum Gasteiger partial charge on any atom is -0.454 e. The van der Waals surface area contributed by atoms with Crippen molar-refractivity contribution >= 4 is 17.8 Å². The van der Waals surface area contributed by atoms with Crippen molar-refractivity contribution in [2.45, 2.75) is 25.4 Å². The molecule has 0 aliphatic carbocycles. The molecule has 27 heavy (non-hydrogen) atoms. The third-order valence-corrected chi connectivity index (χ3v) is 5.04. The van der Waals surface area contributed by atoms with Crippen molar-refractivity contribution in [3.8, 4) is 11.5 Å². The summed E-state index contributed by atoms with van der Waals surface area (Å²) in [6, 6.07) is 4.69. The SMILES string of the molecule is O=C1CC[C@H](C(=O)N2CCN(Cc3ccc4c(c3)OCO4)CC2)NC(=O)N1. The Hall–Kier alpha value is -2.81. The van der Waals surface area contributed by atoms with Gasteiger partial charge in [0, 0.05) is 39.1 Å². The van der Waals surface area contributed by atoms with E-state index in [1.807, 2.05) is 18.2 Å². The molecule has 0 radical (unpaired) electrons. The Morgan fingerprint density at radius 1 is 1.11 bits per heavy atom. The molecule has 9 nitrogen and oxygen atoms in total. The Kier molecular flexibility index (Phi) is 4.85. The normalized spacial score (nSPS) is 22.8. The highest BCUT2D eigenvalue weighted by atomic mass is 16.7. The van der Waals surface area contributed by atoms with Crippen molar-refractivity contribution in [3.05, 3.63) is 23.8 Å². The van der Waals surface area contributed by atoms with Crippen LogP contribution in [0.3, 0.4) is 0 Å². The summed E-state index contributed by atoms with van der Waals surface area (Å²) in [5.74, 6) is 1.07. The van der Waals surface area contributed by atoms with Gasteiger partial charge >= 0.3 is 6.03 Å². The third kappa shape index (κ3) is 3.97. The Morgan fingerprint density at radius 3 is 2.70 bits per heavy atom. The largest absolute Gasteiger partial charge is 0.454 e. The second kappa shape index (κ2) is 7.43. The van der Waals surface area contributed by atoms with E-state index in [4.69, 9.17) is 9.47 Å². The van der Waals surface area contributed by atoms with E-state index < -0.39 is 12.1 Å². The first-order valence-electron chi connectivity index (χ1n) is 9.08. The van der Waals surface area contributed by atoms with Gasteiger partial charge in [-0.3, -0.25) is 19.8 Å². The van der Waals surface area contributed by atoms with Gasteiger partial charge in [0.25, 0.3) is 0 Å². The van der Waals surface area contributed by atoms with Crippen LogP contribution in [0, 0.1) is 0 Å². The molecule has 9 heteroatoms. The van der Waals surface area contributed by atoms with Gasteiger partial charge in [0.15, 0.2) is 11.5 Å². The molecule has 3 aliphatic heterocycles. The summed E-state index contributed by atoms with van der Waals surface area (Å²) in [6.45, 7) is 3.72. The molecule has 0 spiro atoms. The number of nitrogens with zero attached hydrogens (tertiary/aromatic N) is 2. The van der Waals surface area contributed by atoms with E-state index >= 15 is 0 Å². The molecular weight excluding hydrogens is 352 g/mol. The van der Waals surface area contributed by atoms with Gasteiger partial charge in [0.1, 0.15) is 6.04 Å². The lowest BCUT2D eigenvalue weighted by atomic mass is 10.1. The number of amides is 4. The van der Waals surface area contributed by atoms with Crippen LogP contribution in [0.4, 0.5) is 4.79 Å². The minimum absolute atomic E-state index is 0.123. The van der Waals surface area contributed by atoms with E-state index in [2.05, 4.69) is 15.5 Å². The molecule has 0 aromatic heterocycles. The van der Waals surface area contributed by atoms with Gasteiger partial charge in [0.2, 0.25) is 18.6 Å². The van der Waals surface area contributed by atoms with Crippen LogP contribution in [0.1, 0.15) is 18.4 Å². The second-order valence-electron chi connectivity index (χ2n) is 6.90. The van der Waals surface area contributed by atoms with Gasteiger partial charge < -0.3 is 19.7 Å². The molecule has 3 aliphatic rings. The minimum atomic E-state index is -0.642. The molecule has 2 fully saturated rings. The van der Waals surface area contributed by atoms with Crippen molar-refractivity contribution in [3.63, 3.8) is 0 Å². The van der Waals surface area contributed by atoms with E-state index in [0.717, 1.165) is 36.7 Å². The molecule has 3 heterocycles. The number of ether oxygens (including phenoxy) is 2. The van der Waals surface area contributed by atoms with Crippen LogP contribution >= 0.6 is 0 Å². The molecule has 2 N–H and O–H groups in total. The van der Waals surface area contributed by atoms with Gasteiger partial charge in [-0.05, 0) is 24.1 Å². The van der Waals surface area contributed by atoms with E-state index in [0.29, 0.717) is 19.5 Å². The van der Waals surface area contributed by atoms with Gasteiger partial charge in [-0.1, -0.05) is 6.07 Å². The lowest BCUT2D eigenvalue weighted by molar-refractivity contribution is -0.135. The number of piperazine rings is 1. The molecule has 4 amide bonds. The number of hydrogen-bond donors (Lipinski definition) is 2. The number of fused-ring (bicyclic) bond motifs is 1. The number of hydrogen-bond acceptors (Lipinski definition) is 6. The van der Waals surface area contributed by atoms with Crippen molar-refractivity contribution in [2.24, 2.45) is 0 Å². The van der Waals surface area contributed by atoms with E-state index in [-0.39, 0.29) is 25.0 Å². The molecule has 1 atom stereocenters. The maximum Gasteiger partial charge on any atom is 0.322 e. The molecular formula is C18H22N4O5. The van der Waals surface area contributed by atoms with Crippen LogP contribution in [0.25, 0.3) is 0 Å². The first-order valence-corrected chi connectivity index (χ1v) is 9.08. The maximum atomic E-state index is 12.7. The smallest absolute Gasteiger partial charge is 0.322 e. The number of imide groups is 1. The van der Waals surface area contributed by atoms with Crippen LogP contribution in [0.2, 0.25) is 0 Å². The summed E-state index contributed by atoms with van der Waals surface area (Å²) in [5.41, 5.74) is 1.14. The summed E-state index contributed by atoms with van der Waals surface area (Å²) in [4.78, 5) is 39.7. The summed E-state index contributed by atoms with van der Waals surface area (Å²) < 4.78 is 10.7. The quantitative estimate of drug-likeness (QED) is 0.775. The summed E-state index contributed by atoms with van der Waals surface area (Å²) >= 11 is 0. The van der Waals surface area contributed by atoms with Crippen molar-refractivity contribution < 1.29 is 23.9 Å². The molecule has 144 valence electrons. The van der Waals surface area contributed by atoms with Gasteiger partial charge in [0.05, 0.1) is 0 Å². The van der Waals surface area contributed by atoms with Crippen LogP contribution in [-0.2, 0) is 16.1 Å². The number of nitrogens with one attached hydrogen (secondary N) is 2. The summed E-state index contributed by atoms with van der Waals surface area (Å²) in [6.07, 6.45) is 0.493. The fraction of sp³-hybridized carbons (Fsp3) is 0.500. The van der Waals surface area contributed by atoms with Crippen LogP contribution in [0.5, 0.6) is 11.5 Å². The number of benzene rings is 1. The lowest BCUT2D eigenvalue weighted by Crippen LogP contribution is -2.55. The Morgan fingerprint density at radius 2 is 1.89 bits per heavy atom. The summed E-state index contributed by atoms with van der Waals surface area (Å²) in [5, 5.41) is 4.77. The van der Waals surface area contributed by atoms with Crippen LogP contribution in [0.15, 0.2) is 18.2 Å². The number of rotatable bonds is 3. The standard InChI is InChI=1S/C18H22N4O5/c23-16-4-2-13(19-18(25)20-16)17(24)22-7-5-21(6-8-22)10-12-1-3-14-15(9-12)27-11-26-14/h1,3,9,13H,2,4-8,10-11H2,(H2,19,20,23,25)/t13-/m1/s1. The molecule has 0 unspecified atom stereocenters. The fourth-order valence-corrected chi connectivity index (χ4v) is 3.56. The molecule has 1 aromatic carbocycles. The topological polar surface area (TPSA) is 100 Å². The van der Waals surface area contributed by atoms with E-state index in [1.165, 1.54) is 0 Å². The predicted octanol–water partition coefficient (Wildman–Crippen LogP) is 0.0477. The number of carbonyl (C=O) groups excluding carboxylic acids is 3. The van der Waals surface area contributed by atoms with Crippen LogP contribution in [-0.4, -0.2) is 66.7 Å². The Bertz CT molecular complexity index is 760. The predicted molar refractivity (Wildman–Crippen MR) is 94.1 cm³/mol. The third-order valence-electron chi connectivity index (χ3n) is 5.04. The highest BCUT2D eigenvalue weighted by Gasteiger charge is 2.31. The molecule has 4 rings (SSSR count). The van der Waals surface area contributed by atoms with Crippen LogP contribution < -0.4 is 20.1 Å². The monoisotopic (exact) mass is 374 g/mol. The molecule has 1 aromatic rings. The van der Waals surface area contributed by atoms with Gasteiger partial charge in [-0.15, -0.1) is 0 Å². The van der Waals surface area contributed by atoms with E-state index in [9.17, 15) is 14.4 Å². The first-order chi connectivity index (χ1) is 13.1. The van der Waals surface area contributed by atoms with Crippen molar-refractivity contribution in [2.75, 3.05) is 33.0 Å². The van der Waals surface area contributed by atoms with Crippen molar-refractivity contribution in [1.82, 2.24) is 20.4 Å². The zero-order valence-electron chi connectivity index (χ0n) is 14.9.